The van der Waals surface area contributed by atoms with Crippen LogP contribution in [0.5, 0.6) is 0 Å². The number of ether oxygens (including phenoxy) is 1. The number of carboxylic acids is 1. The van der Waals surface area contributed by atoms with E-state index in [9.17, 15) is 9.90 Å². The molecule has 2 atom stereocenters. The van der Waals surface area contributed by atoms with Gasteiger partial charge in [0.2, 0.25) is 5.60 Å². The van der Waals surface area contributed by atoms with Crippen molar-refractivity contribution in [2.45, 2.75) is 63.1 Å². The van der Waals surface area contributed by atoms with E-state index in [0.717, 1.165) is 35.6 Å². The zero-order valence-electron chi connectivity index (χ0n) is 20.7. The molecule has 5 rings (SSSR count). The first-order chi connectivity index (χ1) is 17.7. The predicted octanol–water partition coefficient (Wildman–Crippen LogP) is 8.02. The molecule has 0 bridgehead atoms. The number of unbranched alkanes of at least 4 members (excludes halogenated alkanes) is 5. The quantitative estimate of drug-likeness (QED) is 0.166. The zero-order valence-corrected chi connectivity index (χ0v) is 20.7. The van der Waals surface area contributed by atoms with Gasteiger partial charge in [0, 0.05) is 0 Å². The summed E-state index contributed by atoms with van der Waals surface area (Å²) in [6.45, 7) is 0. The van der Waals surface area contributed by atoms with E-state index in [2.05, 4.69) is 36.4 Å². The molecule has 3 nitrogen and oxygen atoms in total. The molecule has 1 fully saturated rings. The van der Waals surface area contributed by atoms with Crippen molar-refractivity contribution in [3.8, 4) is 0 Å². The Morgan fingerprint density at radius 3 is 2.11 bits per heavy atom. The molecule has 1 N–H and O–H groups in total. The van der Waals surface area contributed by atoms with E-state index in [-0.39, 0.29) is 0 Å². The minimum absolute atomic E-state index is 0.453. The molecule has 4 aromatic carbocycles. The molecule has 184 valence electrons. The number of rotatable bonds is 12. The van der Waals surface area contributed by atoms with Crippen LogP contribution < -0.4 is 0 Å². The van der Waals surface area contributed by atoms with Crippen LogP contribution in [0, 0.1) is 0 Å². The summed E-state index contributed by atoms with van der Waals surface area (Å²) in [5.41, 5.74) is 3.05. The summed E-state index contributed by atoms with van der Waals surface area (Å²) >= 11 is 0. The van der Waals surface area contributed by atoms with E-state index in [1.165, 1.54) is 43.2 Å². The average Bonchev–Trinajstić information content (AvgIpc) is 3.68. The van der Waals surface area contributed by atoms with E-state index >= 15 is 0 Å². The fourth-order valence-corrected chi connectivity index (χ4v) is 5.37. The molecule has 0 aromatic heterocycles. The van der Waals surface area contributed by atoms with Gasteiger partial charge in [-0.3, -0.25) is 0 Å². The summed E-state index contributed by atoms with van der Waals surface area (Å²) in [4.78, 5) is 12.5. The predicted molar refractivity (Wildman–Crippen MR) is 145 cm³/mol. The SMILES string of the molecule is O=C(O)[C@]1(c2ccc3ccccc3c2)O[C@H]1c1ccccc1CCCCCCCCc1ccccc1. The Bertz CT molecular complexity index is 1310. The number of aliphatic carboxylic acids is 1. The first kappa shape index (κ1) is 24.3. The van der Waals surface area contributed by atoms with Crippen LogP contribution in [0.4, 0.5) is 0 Å². The van der Waals surface area contributed by atoms with Gasteiger partial charge in [-0.15, -0.1) is 0 Å². The Morgan fingerprint density at radius 2 is 1.33 bits per heavy atom. The molecule has 0 spiro atoms. The lowest BCUT2D eigenvalue weighted by molar-refractivity contribution is -0.143. The summed E-state index contributed by atoms with van der Waals surface area (Å²) in [6, 6.07) is 32.8. The minimum atomic E-state index is -1.31. The second-order valence-corrected chi connectivity index (χ2v) is 9.91. The lowest BCUT2D eigenvalue weighted by Gasteiger charge is -2.12. The van der Waals surface area contributed by atoms with Crippen LogP contribution in [0.25, 0.3) is 10.8 Å². The number of aryl methyl sites for hydroxylation is 2. The Hall–Kier alpha value is -3.43. The van der Waals surface area contributed by atoms with Crippen molar-refractivity contribution in [3.05, 3.63) is 119 Å². The largest absolute Gasteiger partial charge is 0.479 e. The average molecular weight is 479 g/mol. The van der Waals surface area contributed by atoms with E-state index in [1.54, 1.807) is 0 Å². The van der Waals surface area contributed by atoms with Crippen molar-refractivity contribution in [1.82, 2.24) is 0 Å². The summed E-state index contributed by atoms with van der Waals surface area (Å²) < 4.78 is 6.04. The summed E-state index contributed by atoms with van der Waals surface area (Å²) in [6.07, 6.45) is 9.00. The van der Waals surface area contributed by atoms with Gasteiger partial charge in [-0.05, 0) is 64.8 Å². The van der Waals surface area contributed by atoms with Gasteiger partial charge in [0.25, 0.3) is 0 Å². The highest BCUT2D eigenvalue weighted by Gasteiger charge is 2.65. The first-order valence-corrected chi connectivity index (χ1v) is 13.2. The molecule has 0 amide bonds. The van der Waals surface area contributed by atoms with Crippen molar-refractivity contribution in [3.63, 3.8) is 0 Å². The van der Waals surface area contributed by atoms with Crippen LogP contribution in [0.1, 0.15) is 66.9 Å². The molecule has 0 aliphatic carbocycles. The number of carbonyl (C=O) groups is 1. The van der Waals surface area contributed by atoms with Gasteiger partial charge < -0.3 is 9.84 Å². The molecule has 1 aliphatic heterocycles. The van der Waals surface area contributed by atoms with Gasteiger partial charge in [-0.2, -0.15) is 0 Å². The molecule has 36 heavy (non-hydrogen) atoms. The number of epoxide rings is 1. The number of fused-ring (bicyclic) bond motifs is 1. The third-order valence-electron chi connectivity index (χ3n) is 7.45. The fraction of sp³-hybridized carbons (Fsp3) is 0.303. The number of hydrogen-bond donors (Lipinski definition) is 1. The highest BCUT2D eigenvalue weighted by Crippen LogP contribution is 2.58. The van der Waals surface area contributed by atoms with Crippen molar-refractivity contribution in [1.29, 1.82) is 0 Å². The van der Waals surface area contributed by atoms with Crippen LogP contribution in [0.2, 0.25) is 0 Å². The Labute approximate surface area is 213 Å². The van der Waals surface area contributed by atoms with Gasteiger partial charge in [0.15, 0.2) is 0 Å². The van der Waals surface area contributed by atoms with Gasteiger partial charge in [0.05, 0.1) is 0 Å². The lowest BCUT2D eigenvalue weighted by atomic mass is 9.87. The first-order valence-electron chi connectivity index (χ1n) is 13.2. The van der Waals surface area contributed by atoms with Crippen molar-refractivity contribution in [2.75, 3.05) is 0 Å². The molecular formula is C33H34O3. The van der Waals surface area contributed by atoms with Crippen LogP contribution in [-0.2, 0) is 28.0 Å². The number of benzene rings is 4. The maximum atomic E-state index is 12.5. The standard InChI is InChI=1S/C33H34O3/c34-32(35)33(29-23-22-26-17-10-11-20-28(26)24-29)31(36-33)30-21-13-12-19-27(30)18-9-4-2-1-3-6-14-25-15-7-5-8-16-25/h5,7-8,10-13,15-17,19-24,31H,1-4,6,9,14,18H2,(H,34,35)/t31-,33+/m0/s1. The normalized spacial score (nSPS) is 18.8. The monoisotopic (exact) mass is 478 g/mol. The second-order valence-electron chi connectivity index (χ2n) is 9.91. The second kappa shape index (κ2) is 11.1. The fourth-order valence-electron chi connectivity index (χ4n) is 5.37. The van der Waals surface area contributed by atoms with Gasteiger partial charge in [-0.1, -0.05) is 117 Å². The Morgan fingerprint density at radius 1 is 0.694 bits per heavy atom. The van der Waals surface area contributed by atoms with Gasteiger partial charge in [-0.25, -0.2) is 4.79 Å². The molecule has 1 aliphatic rings. The molecule has 0 radical (unpaired) electrons. The molecule has 0 unspecified atom stereocenters. The van der Waals surface area contributed by atoms with Crippen molar-refractivity contribution >= 4 is 16.7 Å². The Balaban J connectivity index is 1.17. The van der Waals surface area contributed by atoms with Crippen LogP contribution in [0.15, 0.2) is 97.1 Å². The highest BCUT2D eigenvalue weighted by molar-refractivity contribution is 5.88. The molecule has 1 saturated heterocycles. The highest BCUT2D eigenvalue weighted by atomic mass is 16.6. The van der Waals surface area contributed by atoms with Gasteiger partial charge in [0.1, 0.15) is 6.10 Å². The van der Waals surface area contributed by atoms with E-state index in [0.29, 0.717) is 5.56 Å². The van der Waals surface area contributed by atoms with Crippen LogP contribution in [0.3, 0.4) is 0 Å². The van der Waals surface area contributed by atoms with Crippen LogP contribution >= 0.6 is 0 Å². The molecule has 3 heteroatoms. The smallest absolute Gasteiger partial charge is 0.343 e. The summed E-state index contributed by atoms with van der Waals surface area (Å²) in [7, 11) is 0. The van der Waals surface area contributed by atoms with Gasteiger partial charge >= 0.3 is 5.97 Å². The zero-order chi connectivity index (χ0) is 24.8. The molecule has 4 aromatic rings. The lowest BCUT2D eigenvalue weighted by Crippen LogP contribution is -2.22. The maximum Gasteiger partial charge on any atom is 0.343 e. The van der Waals surface area contributed by atoms with Crippen LogP contribution in [-0.4, -0.2) is 11.1 Å². The third-order valence-corrected chi connectivity index (χ3v) is 7.45. The minimum Gasteiger partial charge on any atom is -0.479 e. The van der Waals surface area contributed by atoms with E-state index in [4.69, 9.17) is 4.74 Å². The van der Waals surface area contributed by atoms with E-state index in [1.807, 2.05) is 60.7 Å². The molecular weight excluding hydrogens is 444 g/mol. The molecule has 0 saturated carbocycles. The molecule has 1 heterocycles. The number of carboxylic acid groups (broad SMARTS) is 1. The maximum absolute atomic E-state index is 12.5. The summed E-state index contributed by atoms with van der Waals surface area (Å²) in [5.74, 6) is -0.923. The summed E-state index contributed by atoms with van der Waals surface area (Å²) in [5, 5.41) is 12.3. The number of hydrogen-bond acceptors (Lipinski definition) is 2. The van der Waals surface area contributed by atoms with Crippen molar-refractivity contribution in [2.24, 2.45) is 0 Å². The van der Waals surface area contributed by atoms with E-state index < -0.39 is 17.7 Å². The topological polar surface area (TPSA) is 49.8 Å². The Kier molecular flexibility index (Phi) is 7.48. The third kappa shape index (κ3) is 5.22. The van der Waals surface area contributed by atoms with Crippen molar-refractivity contribution < 1.29 is 14.6 Å².